The number of nitrogens with one attached hydrogen (secondary N) is 1. The van der Waals surface area contributed by atoms with Gasteiger partial charge in [0.05, 0.1) is 5.69 Å². The van der Waals surface area contributed by atoms with Crippen LogP contribution in [0, 0.1) is 11.7 Å². The minimum Gasteiger partial charge on any atom is -0.444 e. The molecular weight excluding hydrogens is 409 g/mol. The molecule has 1 aliphatic heterocycles. The molecule has 32 heavy (non-hydrogen) atoms. The van der Waals surface area contributed by atoms with E-state index in [0.29, 0.717) is 11.5 Å². The molecule has 1 amide bonds. The van der Waals surface area contributed by atoms with Crippen LogP contribution in [-0.2, 0) is 4.74 Å². The lowest BCUT2D eigenvalue weighted by Crippen LogP contribution is -2.41. The van der Waals surface area contributed by atoms with Gasteiger partial charge < -0.3 is 19.5 Å². The Kier molecular flexibility index (Phi) is 7.03. The monoisotopic (exact) mass is 445 g/mol. The van der Waals surface area contributed by atoms with E-state index in [9.17, 15) is 9.18 Å². The number of piperidine rings is 1. The number of hydrogen-bond donors (Lipinski definition) is 1. The Balaban J connectivity index is 1.17. The zero-order valence-corrected chi connectivity index (χ0v) is 19.5. The smallest absolute Gasteiger partial charge is 0.407 e. The summed E-state index contributed by atoms with van der Waals surface area (Å²) in [5, 5.41) is 8.10. The van der Waals surface area contributed by atoms with Crippen molar-refractivity contribution in [2.24, 2.45) is 5.92 Å². The fourth-order valence-corrected chi connectivity index (χ4v) is 5.09. The van der Waals surface area contributed by atoms with Crippen LogP contribution in [0.3, 0.4) is 0 Å². The van der Waals surface area contributed by atoms with Crippen molar-refractivity contribution < 1.29 is 18.4 Å². The molecule has 1 aromatic heterocycles. The van der Waals surface area contributed by atoms with Crippen molar-refractivity contribution in [3.63, 3.8) is 0 Å². The average Bonchev–Trinajstić information content (AvgIpc) is 3.15. The van der Waals surface area contributed by atoms with Crippen molar-refractivity contribution in [1.82, 2.24) is 15.4 Å². The van der Waals surface area contributed by atoms with Crippen molar-refractivity contribution in [3.8, 4) is 0 Å². The molecule has 176 valence electrons. The van der Waals surface area contributed by atoms with Crippen LogP contribution in [0.5, 0.6) is 0 Å². The molecule has 4 rings (SSSR count). The zero-order chi connectivity index (χ0) is 22.7. The van der Waals surface area contributed by atoms with Crippen LogP contribution in [-0.4, -0.2) is 47.4 Å². The molecule has 1 saturated carbocycles. The second-order valence-corrected chi connectivity index (χ2v) is 10.5. The van der Waals surface area contributed by atoms with Crippen molar-refractivity contribution in [2.75, 3.05) is 19.6 Å². The van der Waals surface area contributed by atoms with E-state index >= 15 is 0 Å². The lowest BCUT2D eigenvalue weighted by atomic mass is 9.84. The average molecular weight is 446 g/mol. The molecule has 2 aromatic rings. The van der Waals surface area contributed by atoms with E-state index in [2.05, 4.69) is 15.4 Å². The maximum atomic E-state index is 13.6. The third kappa shape index (κ3) is 6.00. The first-order valence-corrected chi connectivity index (χ1v) is 12.0. The van der Waals surface area contributed by atoms with E-state index < -0.39 is 5.60 Å². The van der Waals surface area contributed by atoms with Crippen LogP contribution < -0.4 is 5.32 Å². The molecule has 2 aliphatic rings. The van der Waals surface area contributed by atoms with Gasteiger partial charge in [-0.2, -0.15) is 0 Å². The highest BCUT2D eigenvalue weighted by Gasteiger charge is 2.27. The fraction of sp³-hybridized carbons (Fsp3) is 0.680. The van der Waals surface area contributed by atoms with Gasteiger partial charge in [0.2, 0.25) is 0 Å². The van der Waals surface area contributed by atoms with Gasteiger partial charge in [-0.05, 0) is 109 Å². The van der Waals surface area contributed by atoms with Crippen molar-refractivity contribution >= 4 is 17.1 Å². The number of fused-ring (bicyclic) bond motifs is 1. The Morgan fingerprint density at radius 2 is 1.91 bits per heavy atom. The van der Waals surface area contributed by atoms with Gasteiger partial charge in [0.15, 0.2) is 5.58 Å². The van der Waals surface area contributed by atoms with E-state index in [1.54, 1.807) is 12.1 Å². The van der Waals surface area contributed by atoms with E-state index in [4.69, 9.17) is 9.26 Å². The number of carbonyl (C=O) groups is 1. The number of likely N-dealkylation sites (tertiary alicyclic amines) is 1. The highest BCUT2D eigenvalue weighted by atomic mass is 19.1. The summed E-state index contributed by atoms with van der Waals surface area (Å²) in [6.07, 6.45) is 7.35. The van der Waals surface area contributed by atoms with Gasteiger partial charge in [-0.1, -0.05) is 5.16 Å². The summed E-state index contributed by atoms with van der Waals surface area (Å²) in [6.45, 7) is 8.88. The number of ether oxygens (including phenoxy) is 1. The minimum atomic E-state index is -0.453. The molecule has 0 atom stereocenters. The first-order chi connectivity index (χ1) is 15.3. The predicted molar refractivity (Wildman–Crippen MR) is 122 cm³/mol. The van der Waals surface area contributed by atoms with Crippen LogP contribution in [0.1, 0.15) is 77.3 Å². The molecule has 7 heteroatoms. The summed E-state index contributed by atoms with van der Waals surface area (Å²) in [4.78, 5) is 14.5. The van der Waals surface area contributed by atoms with Crippen LogP contribution in [0.4, 0.5) is 9.18 Å². The molecule has 2 heterocycles. The van der Waals surface area contributed by atoms with Crippen molar-refractivity contribution in [1.29, 1.82) is 0 Å². The first-order valence-electron chi connectivity index (χ1n) is 12.0. The van der Waals surface area contributed by atoms with Crippen molar-refractivity contribution in [2.45, 2.75) is 83.3 Å². The molecular formula is C25H36FN3O3. The number of alkyl carbamates (subject to hydrolysis) is 1. The molecule has 0 bridgehead atoms. The predicted octanol–water partition coefficient (Wildman–Crippen LogP) is 5.62. The van der Waals surface area contributed by atoms with Crippen LogP contribution in [0.2, 0.25) is 0 Å². The summed E-state index contributed by atoms with van der Waals surface area (Å²) in [6, 6.07) is 4.86. The van der Waals surface area contributed by atoms with Gasteiger partial charge >= 0.3 is 6.09 Å². The lowest BCUT2D eigenvalue weighted by Gasteiger charge is -2.34. The van der Waals surface area contributed by atoms with Gasteiger partial charge in [0, 0.05) is 17.3 Å². The third-order valence-electron chi connectivity index (χ3n) is 6.86. The Bertz CT molecular complexity index is 907. The van der Waals surface area contributed by atoms with Gasteiger partial charge in [-0.3, -0.25) is 0 Å². The number of hydrogen-bond acceptors (Lipinski definition) is 5. The number of aromatic nitrogens is 1. The fourth-order valence-electron chi connectivity index (χ4n) is 5.09. The van der Waals surface area contributed by atoms with Gasteiger partial charge in [-0.25, -0.2) is 9.18 Å². The van der Waals surface area contributed by atoms with Gasteiger partial charge in [-0.15, -0.1) is 0 Å². The Morgan fingerprint density at radius 1 is 1.19 bits per heavy atom. The van der Waals surface area contributed by atoms with Gasteiger partial charge in [0.1, 0.15) is 11.4 Å². The highest BCUT2D eigenvalue weighted by molar-refractivity contribution is 5.79. The van der Waals surface area contributed by atoms with E-state index in [1.807, 2.05) is 20.8 Å². The normalized spacial score (nSPS) is 23.4. The second-order valence-electron chi connectivity index (χ2n) is 10.5. The van der Waals surface area contributed by atoms with Crippen LogP contribution >= 0.6 is 0 Å². The summed E-state index contributed by atoms with van der Waals surface area (Å²) < 4.78 is 24.4. The van der Waals surface area contributed by atoms with E-state index in [1.165, 1.54) is 12.5 Å². The first kappa shape index (κ1) is 23.0. The molecule has 0 unspecified atom stereocenters. The van der Waals surface area contributed by atoms with Gasteiger partial charge in [0.25, 0.3) is 0 Å². The summed E-state index contributed by atoms with van der Waals surface area (Å²) in [5.74, 6) is 0.825. The number of rotatable bonds is 5. The zero-order valence-electron chi connectivity index (χ0n) is 19.5. The van der Waals surface area contributed by atoms with E-state index in [-0.39, 0.29) is 18.0 Å². The topological polar surface area (TPSA) is 67.6 Å². The molecule has 1 aliphatic carbocycles. The maximum absolute atomic E-state index is 13.6. The van der Waals surface area contributed by atoms with Crippen LogP contribution in [0.15, 0.2) is 22.7 Å². The van der Waals surface area contributed by atoms with Crippen molar-refractivity contribution in [3.05, 3.63) is 29.7 Å². The Labute approximate surface area is 189 Å². The second kappa shape index (κ2) is 9.77. The standard InChI is InChI=1S/C25H36FN3O3/c1-25(2,3)31-24(30)27-20-7-4-17(5-8-20)10-13-29-14-11-18(12-15-29)23-21-16-19(26)6-9-22(21)32-28-23/h6,9,16-18,20H,4-5,7-8,10-15H2,1-3H3,(H,27,30). The van der Waals surface area contributed by atoms with Crippen LogP contribution in [0.25, 0.3) is 11.0 Å². The number of halogens is 1. The number of amides is 1. The minimum absolute atomic E-state index is 0.235. The maximum Gasteiger partial charge on any atom is 0.407 e. The molecule has 2 fully saturated rings. The summed E-state index contributed by atoms with van der Waals surface area (Å²) in [7, 11) is 0. The highest BCUT2D eigenvalue weighted by Crippen LogP contribution is 2.33. The lowest BCUT2D eigenvalue weighted by molar-refractivity contribution is 0.0485. The molecule has 1 N–H and O–H groups in total. The Morgan fingerprint density at radius 3 is 2.59 bits per heavy atom. The number of benzene rings is 1. The number of carbonyl (C=O) groups excluding carboxylic acids is 1. The quantitative estimate of drug-likeness (QED) is 0.647. The molecule has 1 aromatic carbocycles. The summed E-state index contributed by atoms with van der Waals surface area (Å²) in [5.41, 5.74) is 1.13. The SMILES string of the molecule is CC(C)(C)OC(=O)NC1CCC(CCN2CCC(c3noc4ccc(F)cc34)CC2)CC1. The molecule has 0 radical (unpaired) electrons. The largest absolute Gasteiger partial charge is 0.444 e. The molecule has 1 saturated heterocycles. The molecule has 6 nitrogen and oxygen atoms in total. The van der Waals surface area contributed by atoms with E-state index in [0.717, 1.165) is 75.2 Å². The Hall–Kier alpha value is -2.15. The number of nitrogens with zero attached hydrogens (tertiary/aromatic N) is 2. The third-order valence-corrected chi connectivity index (χ3v) is 6.86. The molecule has 0 spiro atoms. The summed E-state index contributed by atoms with van der Waals surface area (Å²) >= 11 is 0.